The van der Waals surface area contributed by atoms with E-state index in [1.54, 1.807) is 11.3 Å². The van der Waals surface area contributed by atoms with Crippen molar-refractivity contribution < 1.29 is 0 Å². The highest BCUT2D eigenvalue weighted by molar-refractivity contribution is 7.11. The van der Waals surface area contributed by atoms with Crippen molar-refractivity contribution >= 4 is 23.0 Å². The van der Waals surface area contributed by atoms with Crippen LogP contribution >= 0.6 is 11.3 Å². The summed E-state index contributed by atoms with van der Waals surface area (Å²) in [6.07, 6.45) is 3.61. The van der Waals surface area contributed by atoms with Gasteiger partial charge >= 0.3 is 0 Å². The fourth-order valence-electron chi connectivity index (χ4n) is 3.06. The van der Waals surface area contributed by atoms with Crippen LogP contribution in [0.25, 0.3) is 0 Å². The number of rotatable bonds is 4. The standard InChI is InChI=1S/C18H24N4S/c1-11(2)17-12(3)23-16(22-17)10-20-18(19)21-15-8-7-13-5-4-6-14(13)9-15/h7-9,11H,4-6,10H2,1-3H3,(H3,19,20,21). The lowest BCUT2D eigenvalue weighted by atomic mass is 10.1. The zero-order chi connectivity index (χ0) is 16.4. The van der Waals surface area contributed by atoms with E-state index in [-0.39, 0.29) is 0 Å². The molecule has 0 aliphatic heterocycles. The quantitative estimate of drug-likeness (QED) is 0.659. The van der Waals surface area contributed by atoms with Crippen molar-refractivity contribution in [2.75, 3.05) is 5.32 Å². The second-order valence-corrected chi connectivity index (χ2v) is 7.65. The van der Waals surface area contributed by atoms with Gasteiger partial charge in [0.2, 0.25) is 0 Å². The van der Waals surface area contributed by atoms with Gasteiger partial charge in [-0.1, -0.05) is 19.9 Å². The molecule has 1 aliphatic rings. The molecule has 1 aromatic carbocycles. The van der Waals surface area contributed by atoms with Crippen molar-refractivity contribution in [3.05, 3.63) is 44.9 Å². The molecule has 0 saturated heterocycles. The molecule has 0 radical (unpaired) electrons. The molecule has 4 nitrogen and oxygen atoms in total. The molecule has 0 fully saturated rings. The molecular formula is C18H24N4S. The predicted molar refractivity (Wildman–Crippen MR) is 98.4 cm³/mol. The minimum Gasteiger partial charge on any atom is -0.370 e. The number of aliphatic imine (C=N–C) groups is 1. The molecule has 1 heterocycles. The predicted octanol–water partition coefficient (Wildman–Crippen LogP) is 3.99. The first-order chi connectivity index (χ1) is 11.0. The molecule has 2 aromatic rings. The maximum atomic E-state index is 6.02. The third-order valence-corrected chi connectivity index (χ3v) is 5.15. The number of hydrogen-bond donors (Lipinski definition) is 2. The third kappa shape index (κ3) is 3.72. The number of nitrogens with one attached hydrogen (secondary N) is 1. The highest BCUT2D eigenvalue weighted by atomic mass is 32.1. The molecule has 0 spiro atoms. The topological polar surface area (TPSA) is 63.3 Å². The van der Waals surface area contributed by atoms with Gasteiger partial charge in [0.05, 0.1) is 12.2 Å². The monoisotopic (exact) mass is 328 g/mol. The Morgan fingerprint density at radius 3 is 2.87 bits per heavy atom. The minimum absolute atomic E-state index is 0.446. The van der Waals surface area contributed by atoms with Crippen LogP contribution in [0.5, 0.6) is 0 Å². The maximum Gasteiger partial charge on any atom is 0.193 e. The highest BCUT2D eigenvalue weighted by Gasteiger charge is 2.12. The Balaban J connectivity index is 1.65. The van der Waals surface area contributed by atoms with Crippen molar-refractivity contribution in [1.29, 1.82) is 0 Å². The normalized spacial score (nSPS) is 14.3. The van der Waals surface area contributed by atoms with E-state index in [4.69, 9.17) is 5.73 Å². The average molecular weight is 328 g/mol. The van der Waals surface area contributed by atoms with Gasteiger partial charge in [0.25, 0.3) is 0 Å². The number of guanidine groups is 1. The summed E-state index contributed by atoms with van der Waals surface area (Å²) in [4.78, 5) is 10.4. The molecule has 122 valence electrons. The van der Waals surface area contributed by atoms with Gasteiger partial charge in [0.1, 0.15) is 5.01 Å². The van der Waals surface area contributed by atoms with Crippen molar-refractivity contribution in [2.24, 2.45) is 10.7 Å². The maximum absolute atomic E-state index is 6.02. The zero-order valence-electron chi connectivity index (χ0n) is 14.0. The van der Waals surface area contributed by atoms with Crippen LogP contribution in [0.4, 0.5) is 5.69 Å². The Labute approximate surface area is 141 Å². The first kappa shape index (κ1) is 16.0. The van der Waals surface area contributed by atoms with Crippen LogP contribution in [0.15, 0.2) is 23.2 Å². The molecule has 1 aromatic heterocycles. The van der Waals surface area contributed by atoms with Crippen molar-refractivity contribution in [2.45, 2.75) is 52.5 Å². The van der Waals surface area contributed by atoms with E-state index >= 15 is 0 Å². The second kappa shape index (κ2) is 6.71. The Morgan fingerprint density at radius 2 is 2.13 bits per heavy atom. The summed E-state index contributed by atoms with van der Waals surface area (Å²) in [6.45, 7) is 6.98. The van der Waals surface area contributed by atoms with Gasteiger partial charge in [-0.05, 0) is 55.4 Å². The molecule has 5 heteroatoms. The summed E-state index contributed by atoms with van der Waals surface area (Å²) in [6, 6.07) is 6.46. The first-order valence-electron chi connectivity index (χ1n) is 8.18. The van der Waals surface area contributed by atoms with Gasteiger partial charge in [0.15, 0.2) is 5.96 Å². The SMILES string of the molecule is Cc1sc(CN=C(N)Nc2ccc3c(c2)CCC3)nc1C(C)C. The van der Waals surface area contributed by atoms with E-state index in [9.17, 15) is 0 Å². The number of benzene rings is 1. The minimum atomic E-state index is 0.446. The number of aromatic nitrogens is 1. The van der Waals surface area contributed by atoms with Crippen LogP contribution in [0.2, 0.25) is 0 Å². The molecule has 23 heavy (non-hydrogen) atoms. The molecule has 0 saturated carbocycles. The van der Waals surface area contributed by atoms with Crippen LogP contribution in [0.3, 0.4) is 0 Å². The highest BCUT2D eigenvalue weighted by Crippen LogP contribution is 2.25. The molecule has 3 N–H and O–H groups in total. The molecular weight excluding hydrogens is 304 g/mol. The number of thiazole rings is 1. The summed E-state index contributed by atoms with van der Waals surface area (Å²) in [7, 11) is 0. The van der Waals surface area contributed by atoms with Gasteiger partial charge in [-0.3, -0.25) is 0 Å². The molecule has 0 unspecified atom stereocenters. The van der Waals surface area contributed by atoms with Gasteiger partial charge < -0.3 is 11.1 Å². The summed E-state index contributed by atoms with van der Waals surface area (Å²) in [5, 5.41) is 4.21. The Morgan fingerprint density at radius 1 is 1.35 bits per heavy atom. The van der Waals surface area contributed by atoms with E-state index < -0.39 is 0 Å². The summed E-state index contributed by atoms with van der Waals surface area (Å²) < 4.78 is 0. The fourth-order valence-corrected chi connectivity index (χ4v) is 4.07. The van der Waals surface area contributed by atoms with E-state index in [1.807, 2.05) is 0 Å². The number of anilines is 1. The Bertz CT molecular complexity index is 731. The smallest absolute Gasteiger partial charge is 0.193 e. The summed E-state index contributed by atoms with van der Waals surface area (Å²) in [5.41, 5.74) is 11.1. The van der Waals surface area contributed by atoms with Gasteiger partial charge in [0, 0.05) is 10.6 Å². The molecule has 0 atom stereocenters. The average Bonchev–Trinajstić information content (AvgIpc) is 3.10. The fraction of sp³-hybridized carbons (Fsp3) is 0.444. The number of nitrogens with two attached hydrogens (primary N) is 1. The van der Waals surface area contributed by atoms with E-state index in [0.29, 0.717) is 18.4 Å². The van der Waals surface area contributed by atoms with Crippen molar-refractivity contribution in [1.82, 2.24) is 4.98 Å². The Hall–Kier alpha value is -1.88. The van der Waals surface area contributed by atoms with Crippen LogP contribution in [-0.2, 0) is 19.4 Å². The van der Waals surface area contributed by atoms with Gasteiger partial charge in [-0.25, -0.2) is 9.98 Å². The van der Waals surface area contributed by atoms with Crippen LogP contribution in [-0.4, -0.2) is 10.9 Å². The van der Waals surface area contributed by atoms with Crippen molar-refractivity contribution in [3.8, 4) is 0 Å². The van der Waals surface area contributed by atoms with Gasteiger partial charge in [-0.2, -0.15) is 0 Å². The number of hydrogen-bond acceptors (Lipinski definition) is 3. The number of fused-ring (bicyclic) bond motifs is 1. The van der Waals surface area contributed by atoms with E-state index in [1.165, 1.54) is 34.5 Å². The third-order valence-electron chi connectivity index (χ3n) is 4.18. The second-order valence-electron chi connectivity index (χ2n) is 6.37. The van der Waals surface area contributed by atoms with Crippen LogP contribution < -0.4 is 11.1 Å². The zero-order valence-corrected chi connectivity index (χ0v) is 14.8. The number of nitrogens with zero attached hydrogens (tertiary/aromatic N) is 2. The largest absolute Gasteiger partial charge is 0.370 e. The summed E-state index contributed by atoms with van der Waals surface area (Å²) in [5.74, 6) is 0.896. The lowest BCUT2D eigenvalue weighted by Crippen LogP contribution is -2.22. The Kier molecular flexibility index (Phi) is 4.66. The number of aryl methyl sites for hydroxylation is 3. The van der Waals surface area contributed by atoms with Crippen LogP contribution in [0.1, 0.15) is 52.9 Å². The molecule has 0 amide bonds. The first-order valence-corrected chi connectivity index (χ1v) is 8.99. The van der Waals surface area contributed by atoms with E-state index in [2.05, 4.69) is 54.3 Å². The lowest BCUT2D eigenvalue weighted by Gasteiger charge is -2.07. The van der Waals surface area contributed by atoms with Crippen molar-refractivity contribution in [3.63, 3.8) is 0 Å². The molecule has 1 aliphatic carbocycles. The van der Waals surface area contributed by atoms with E-state index in [0.717, 1.165) is 17.1 Å². The summed E-state index contributed by atoms with van der Waals surface area (Å²) >= 11 is 1.71. The van der Waals surface area contributed by atoms with Gasteiger partial charge in [-0.15, -0.1) is 11.3 Å². The van der Waals surface area contributed by atoms with Crippen LogP contribution in [0, 0.1) is 6.92 Å². The lowest BCUT2D eigenvalue weighted by molar-refractivity contribution is 0.814. The molecule has 3 rings (SSSR count). The molecule has 0 bridgehead atoms.